The van der Waals surface area contributed by atoms with E-state index in [9.17, 15) is 4.79 Å². The van der Waals surface area contributed by atoms with Crippen molar-refractivity contribution in [3.8, 4) is 0 Å². The number of nitrogens with zero attached hydrogens (tertiary/aromatic N) is 5. The molecule has 7 heteroatoms. The molecule has 6 nitrogen and oxygen atoms in total. The van der Waals surface area contributed by atoms with Gasteiger partial charge in [0.2, 0.25) is 0 Å². The van der Waals surface area contributed by atoms with E-state index in [4.69, 9.17) is 4.98 Å². The topological polar surface area (TPSA) is 65.6 Å². The van der Waals surface area contributed by atoms with Gasteiger partial charge in [-0.25, -0.2) is 9.67 Å². The first-order valence-electron chi connectivity index (χ1n) is 7.53. The third-order valence-electron chi connectivity index (χ3n) is 3.93. The summed E-state index contributed by atoms with van der Waals surface area (Å²) < 4.78 is 4.26. The van der Waals surface area contributed by atoms with Crippen LogP contribution in [0.25, 0.3) is 21.3 Å². The Hall–Kier alpha value is -2.80. The molecule has 0 unspecified atom stereocenters. The Morgan fingerprint density at radius 1 is 1.38 bits per heavy atom. The summed E-state index contributed by atoms with van der Waals surface area (Å²) in [6, 6.07) is 5.85. The summed E-state index contributed by atoms with van der Waals surface area (Å²) in [7, 11) is 1.87. The molecule has 0 N–H and O–H groups in total. The van der Waals surface area contributed by atoms with Gasteiger partial charge in [0.25, 0.3) is 5.56 Å². The number of aromatic nitrogens is 5. The number of fused-ring (bicyclic) bond motifs is 3. The zero-order valence-corrected chi connectivity index (χ0v) is 14.0. The summed E-state index contributed by atoms with van der Waals surface area (Å²) in [5.41, 5.74) is 2.31. The van der Waals surface area contributed by atoms with Gasteiger partial charge < -0.3 is 4.57 Å². The Bertz CT molecular complexity index is 1110. The molecule has 24 heavy (non-hydrogen) atoms. The van der Waals surface area contributed by atoms with E-state index in [0.29, 0.717) is 18.5 Å². The molecule has 0 fully saturated rings. The van der Waals surface area contributed by atoms with Gasteiger partial charge in [-0.15, -0.1) is 17.9 Å². The first kappa shape index (κ1) is 14.8. The van der Waals surface area contributed by atoms with Crippen molar-refractivity contribution in [1.82, 2.24) is 24.3 Å². The molecule has 0 aliphatic heterocycles. The quantitative estimate of drug-likeness (QED) is 0.537. The Labute approximate surface area is 141 Å². The zero-order valence-electron chi connectivity index (χ0n) is 13.1. The molecule has 0 aliphatic carbocycles. The molecule has 0 bridgehead atoms. The number of rotatable bonds is 4. The summed E-state index contributed by atoms with van der Waals surface area (Å²) >= 11 is 1.59. The van der Waals surface area contributed by atoms with E-state index in [2.05, 4.69) is 16.7 Å². The van der Waals surface area contributed by atoms with Crippen LogP contribution in [0.15, 0.2) is 48.0 Å². The lowest BCUT2D eigenvalue weighted by atomic mass is 10.3. The summed E-state index contributed by atoms with van der Waals surface area (Å²) in [6.07, 6.45) is 5.87. The zero-order chi connectivity index (χ0) is 16.7. The Balaban J connectivity index is 1.86. The standard InChI is InChI=1S/C17H15N5OS/c1-3-8-22-17(23)14-12(10-19-22)15-16(21(14)2)20-13(24-15)9-11-6-4-5-7-18-11/h3-7,10H,1,8-9H2,2H3. The highest BCUT2D eigenvalue weighted by Gasteiger charge is 2.18. The molecule has 0 amide bonds. The average Bonchev–Trinajstić information content (AvgIpc) is 3.10. The maximum absolute atomic E-state index is 12.6. The van der Waals surface area contributed by atoms with E-state index >= 15 is 0 Å². The molecule has 0 saturated carbocycles. The molecule has 0 spiro atoms. The third-order valence-corrected chi connectivity index (χ3v) is 5.01. The number of pyridine rings is 1. The molecular weight excluding hydrogens is 322 g/mol. The maximum atomic E-state index is 12.6. The normalized spacial score (nSPS) is 11.4. The summed E-state index contributed by atoms with van der Waals surface area (Å²) in [5, 5.41) is 6.07. The summed E-state index contributed by atoms with van der Waals surface area (Å²) in [5.74, 6) is 0. The maximum Gasteiger partial charge on any atom is 0.291 e. The van der Waals surface area contributed by atoms with Gasteiger partial charge in [0.1, 0.15) is 10.5 Å². The molecule has 0 aromatic carbocycles. The fourth-order valence-electron chi connectivity index (χ4n) is 2.82. The Morgan fingerprint density at radius 3 is 3.00 bits per heavy atom. The number of aryl methyl sites for hydroxylation is 1. The minimum atomic E-state index is -0.119. The van der Waals surface area contributed by atoms with Gasteiger partial charge in [0.15, 0.2) is 5.65 Å². The van der Waals surface area contributed by atoms with Crippen molar-refractivity contribution in [2.75, 3.05) is 0 Å². The van der Waals surface area contributed by atoms with Gasteiger partial charge >= 0.3 is 0 Å². The van der Waals surface area contributed by atoms with Crippen LogP contribution >= 0.6 is 11.3 Å². The van der Waals surface area contributed by atoms with Gasteiger partial charge in [-0.3, -0.25) is 9.78 Å². The molecule has 0 radical (unpaired) electrons. The minimum Gasteiger partial charge on any atom is -0.323 e. The third kappa shape index (κ3) is 2.25. The number of hydrogen-bond acceptors (Lipinski definition) is 5. The smallest absolute Gasteiger partial charge is 0.291 e. The lowest BCUT2D eigenvalue weighted by Crippen LogP contribution is -2.23. The SMILES string of the molecule is C=CCn1ncc2c3sc(Cc4ccccn4)nc3n(C)c2c1=O. The molecule has 4 aromatic rings. The van der Waals surface area contributed by atoms with E-state index in [-0.39, 0.29) is 5.56 Å². The predicted octanol–water partition coefficient (Wildman–Crippen LogP) is 2.52. The van der Waals surface area contributed by atoms with Gasteiger partial charge in [0.05, 0.1) is 17.4 Å². The highest BCUT2D eigenvalue weighted by Crippen LogP contribution is 2.31. The van der Waals surface area contributed by atoms with Gasteiger partial charge in [-0.05, 0) is 12.1 Å². The molecule has 0 aliphatic rings. The Morgan fingerprint density at radius 2 is 2.25 bits per heavy atom. The van der Waals surface area contributed by atoms with Crippen LogP contribution in [0.4, 0.5) is 0 Å². The van der Waals surface area contributed by atoms with Crippen LogP contribution in [0.5, 0.6) is 0 Å². The second-order valence-electron chi connectivity index (χ2n) is 5.50. The molecule has 4 aromatic heterocycles. The van der Waals surface area contributed by atoms with Crippen molar-refractivity contribution in [1.29, 1.82) is 0 Å². The van der Waals surface area contributed by atoms with Crippen LogP contribution < -0.4 is 5.56 Å². The molecule has 120 valence electrons. The largest absolute Gasteiger partial charge is 0.323 e. The fraction of sp³-hybridized carbons (Fsp3) is 0.176. The highest BCUT2D eigenvalue weighted by atomic mass is 32.1. The first-order valence-corrected chi connectivity index (χ1v) is 8.35. The van der Waals surface area contributed by atoms with Crippen LogP contribution in [-0.4, -0.2) is 24.3 Å². The highest BCUT2D eigenvalue weighted by molar-refractivity contribution is 7.19. The number of thiazole rings is 1. The second kappa shape index (κ2) is 5.68. The van der Waals surface area contributed by atoms with Crippen molar-refractivity contribution >= 4 is 32.6 Å². The second-order valence-corrected chi connectivity index (χ2v) is 6.58. The van der Waals surface area contributed by atoms with Crippen LogP contribution in [0.2, 0.25) is 0 Å². The van der Waals surface area contributed by atoms with Gasteiger partial charge in [-0.2, -0.15) is 5.10 Å². The van der Waals surface area contributed by atoms with Crippen LogP contribution in [0, 0.1) is 0 Å². The fourth-order valence-corrected chi connectivity index (χ4v) is 3.94. The molecular formula is C17H15N5OS. The van der Waals surface area contributed by atoms with E-state index in [1.807, 2.05) is 29.8 Å². The number of allylic oxidation sites excluding steroid dienone is 1. The van der Waals surface area contributed by atoms with Gasteiger partial charge in [0, 0.05) is 30.7 Å². The van der Waals surface area contributed by atoms with E-state index in [1.54, 1.807) is 29.8 Å². The van der Waals surface area contributed by atoms with Gasteiger partial charge in [-0.1, -0.05) is 12.1 Å². The number of hydrogen-bond donors (Lipinski definition) is 0. The van der Waals surface area contributed by atoms with E-state index in [1.165, 1.54) is 4.68 Å². The average molecular weight is 337 g/mol. The molecule has 0 atom stereocenters. The lowest BCUT2D eigenvalue weighted by Gasteiger charge is -2.02. The molecule has 4 heterocycles. The monoisotopic (exact) mass is 337 g/mol. The first-order chi connectivity index (χ1) is 11.7. The van der Waals surface area contributed by atoms with E-state index in [0.717, 1.165) is 26.4 Å². The van der Waals surface area contributed by atoms with Crippen molar-refractivity contribution in [2.45, 2.75) is 13.0 Å². The molecule has 0 saturated heterocycles. The van der Waals surface area contributed by atoms with Crippen molar-refractivity contribution < 1.29 is 0 Å². The lowest BCUT2D eigenvalue weighted by molar-refractivity contribution is 0.657. The van der Waals surface area contributed by atoms with Crippen LogP contribution in [0.3, 0.4) is 0 Å². The minimum absolute atomic E-state index is 0.119. The Kier molecular flexibility index (Phi) is 3.50. The van der Waals surface area contributed by atoms with E-state index < -0.39 is 0 Å². The predicted molar refractivity (Wildman–Crippen MR) is 95.4 cm³/mol. The van der Waals surface area contributed by atoms with Crippen LogP contribution in [0.1, 0.15) is 10.7 Å². The summed E-state index contributed by atoms with van der Waals surface area (Å²) in [4.78, 5) is 21.6. The molecule has 4 rings (SSSR count). The summed E-state index contributed by atoms with van der Waals surface area (Å²) in [6.45, 7) is 4.06. The van der Waals surface area contributed by atoms with Crippen molar-refractivity contribution in [3.63, 3.8) is 0 Å². The van der Waals surface area contributed by atoms with Crippen LogP contribution in [-0.2, 0) is 20.0 Å². The van der Waals surface area contributed by atoms with Crippen molar-refractivity contribution in [3.05, 3.63) is 64.3 Å². The van der Waals surface area contributed by atoms with Crippen molar-refractivity contribution in [2.24, 2.45) is 7.05 Å².